The van der Waals surface area contributed by atoms with Crippen molar-refractivity contribution in [2.75, 3.05) is 0 Å². The number of hydrogen-bond donors (Lipinski definition) is 2. The summed E-state index contributed by atoms with van der Waals surface area (Å²) in [6, 6.07) is 11.0. The first-order chi connectivity index (χ1) is 12.5. The van der Waals surface area contributed by atoms with E-state index < -0.39 is 0 Å². The Bertz CT molecular complexity index is 824. The summed E-state index contributed by atoms with van der Waals surface area (Å²) in [5.74, 6) is -0.310. The number of hydrogen-bond acceptors (Lipinski definition) is 3. The molecule has 2 aromatic rings. The van der Waals surface area contributed by atoms with Crippen LogP contribution in [0.2, 0.25) is 0 Å². The molecule has 0 bridgehead atoms. The fourth-order valence-electron chi connectivity index (χ4n) is 2.56. The van der Waals surface area contributed by atoms with Crippen LogP contribution in [-0.4, -0.2) is 5.78 Å². The molecule has 3 nitrogen and oxygen atoms in total. The lowest BCUT2D eigenvalue weighted by atomic mass is 9.90. The Balaban J connectivity index is 2.58. The highest BCUT2D eigenvalue weighted by molar-refractivity contribution is 9.10. The molecule has 136 valence electrons. The summed E-state index contributed by atoms with van der Waals surface area (Å²) in [5, 5.41) is 0. The lowest BCUT2D eigenvalue weighted by Crippen LogP contribution is -2.11. The molecule has 4 N–H and O–H groups in total. The maximum atomic E-state index is 13.2. The number of allylic oxidation sites excluding steroid dienone is 2. The molecule has 0 aliphatic heterocycles. The number of ketones is 1. The van der Waals surface area contributed by atoms with Crippen LogP contribution in [0.25, 0.3) is 11.1 Å². The SMILES string of the molecule is NCc1ccc(Br)cc1C(=CCl)C(=O)C(=CCl)c1cc(Br)ccc1CN. The topological polar surface area (TPSA) is 69.1 Å². The summed E-state index contributed by atoms with van der Waals surface area (Å²) in [6.07, 6.45) is 0. The van der Waals surface area contributed by atoms with Crippen LogP contribution in [0, 0.1) is 0 Å². The molecular formula is C19H16Br2Cl2N2O. The molecule has 0 atom stereocenters. The van der Waals surface area contributed by atoms with Gasteiger partial charge in [-0.05, 0) is 46.5 Å². The molecule has 0 aromatic heterocycles. The van der Waals surface area contributed by atoms with Crippen molar-refractivity contribution in [3.8, 4) is 0 Å². The fraction of sp³-hybridized carbons (Fsp3) is 0.105. The zero-order valence-electron chi connectivity index (χ0n) is 13.6. The first kappa shape index (κ1) is 21.4. The third-order valence-electron chi connectivity index (χ3n) is 3.87. The summed E-state index contributed by atoms with van der Waals surface area (Å²) in [6.45, 7) is 0.546. The Labute approximate surface area is 179 Å². The van der Waals surface area contributed by atoms with Gasteiger partial charge in [-0.3, -0.25) is 4.79 Å². The van der Waals surface area contributed by atoms with E-state index in [0.29, 0.717) is 22.3 Å². The minimum Gasteiger partial charge on any atom is -0.326 e. The van der Waals surface area contributed by atoms with Gasteiger partial charge in [0, 0.05) is 44.3 Å². The Morgan fingerprint density at radius 2 is 1.23 bits per heavy atom. The van der Waals surface area contributed by atoms with Crippen LogP contribution in [0.15, 0.2) is 56.4 Å². The summed E-state index contributed by atoms with van der Waals surface area (Å²) in [7, 11) is 0. The highest BCUT2D eigenvalue weighted by Crippen LogP contribution is 2.32. The molecule has 26 heavy (non-hydrogen) atoms. The number of rotatable bonds is 6. The standard InChI is InChI=1S/C19H16Br2Cl2N2O/c20-13-3-1-11(9-24)15(5-13)17(7-22)19(26)18(8-23)16-6-14(21)4-2-12(16)10-25/h1-8H,9-10,24-25H2. The Hall–Kier alpha value is -0.950. The molecule has 0 heterocycles. The molecule has 0 radical (unpaired) electrons. The predicted octanol–water partition coefficient (Wildman–Crippen LogP) is 5.56. The molecule has 0 aliphatic rings. The number of Topliss-reactive ketones (excluding diaryl/α,β-unsaturated/α-hetero) is 1. The number of halogens is 4. The van der Waals surface area contributed by atoms with Crippen molar-refractivity contribution in [1.82, 2.24) is 0 Å². The van der Waals surface area contributed by atoms with Gasteiger partial charge in [0.2, 0.25) is 0 Å². The van der Waals surface area contributed by atoms with Crippen LogP contribution in [0.5, 0.6) is 0 Å². The minimum atomic E-state index is -0.310. The van der Waals surface area contributed by atoms with Gasteiger partial charge in [-0.1, -0.05) is 67.2 Å². The molecule has 2 rings (SSSR count). The van der Waals surface area contributed by atoms with E-state index in [-0.39, 0.29) is 18.9 Å². The third-order valence-corrected chi connectivity index (χ3v) is 5.29. The van der Waals surface area contributed by atoms with Crippen molar-refractivity contribution in [3.63, 3.8) is 0 Å². The van der Waals surface area contributed by atoms with Crippen molar-refractivity contribution < 1.29 is 4.79 Å². The van der Waals surface area contributed by atoms with Crippen LogP contribution in [0.4, 0.5) is 0 Å². The first-order valence-corrected chi connectivity index (χ1v) is 10.1. The molecule has 2 aromatic carbocycles. The molecule has 0 saturated carbocycles. The van der Waals surface area contributed by atoms with E-state index in [2.05, 4.69) is 31.9 Å². The van der Waals surface area contributed by atoms with Crippen LogP contribution in [0.3, 0.4) is 0 Å². The van der Waals surface area contributed by atoms with Crippen LogP contribution in [0.1, 0.15) is 22.3 Å². The van der Waals surface area contributed by atoms with E-state index in [1.165, 1.54) is 11.1 Å². The normalized spacial score (nSPS) is 12.4. The highest BCUT2D eigenvalue weighted by atomic mass is 79.9. The maximum absolute atomic E-state index is 13.2. The molecule has 7 heteroatoms. The van der Waals surface area contributed by atoms with E-state index in [9.17, 15) is 4.79 Å². The maximum Gasteiger partial charge on any atom is 0.196 e. The predicted molar refractivity (Wildman–Crippen MR) is 117 cm³/mol. The van der Waals surface area contributed by atoms with Gasteiger partial charge in [0.15, 0.2) is 5.78 Å². The van der Waals surface area contributed by atoms with Crippen LogP contribution < -0.4 is 11.5 Å². The Kier molecular flexibility index (Phi) is 8.07. The second-order valence-corrected chi connectivity index (χ2v) is 7.65. The summed E-state index contributed by atoms with van der Waals surface area (Å²) < 4.78 is 1.63. The highest BCUT2D eigenvalue weighted by Gasteiger charge is 2.22. The third kappa shape index (κ3) is 4.66. The summed E-state index contributed by atoms with van der Waals surface area (Å²) >= 11 is 18.9. The quantitative estimate of drug-likeness (QED) is 0.492. The van der Waals surface area contributed by atoms with Crippen molar-refractivity contribution in [2.24, 2.45) is 11.5 Å². The van der Waals surface area contributed by atoms with Gasteiger partial charge in [-0.2, -0.15) is 0 Å². The number of benzene rings is 2. The van der Waals surface area contributed by atoms with Crippen molar-refractivity contribution >= 4 is 72.0 Å². The number of nitrogens with two attached hydrogens (primary N) is 2. The van der Waals surface area contributed by atoms with Crippen molar-refractivity contribution in [3.05, 3.63) is 78.7 Å². The molecule has 0 fully saturated rings. The van der Waals surface area contributed by atoms with Crippen molar-refractivity contribution in [2.45, 2.75) is 13.1 Å². The number of carbonyl (C=O) groups excluding carboxylic acids is 1. The lowest BCUT2D eigenvalue weighted by Gasteiger charge is -2.15. The van der Waals surface area contributed by atoms with E-state index in [1.807, 2.05) is 36.4 Å². The second-order valence-electron chi connectivity index (χ2n) is 5.39. The largest absolute Gasteiger partial charge is 0.326 e. The Morgan fingerprint density at radius 3 is 1.54 bits per heavy atom. The van der Waals surface area contributed by atoms with Gasteiger partial charge >= 0.3 is 0 Å². The minimum absolute atomic E-state index is 0.273. The first-order valence-electron chi connectivity index (χ1n) is 7.60. The summed E-state index contributed by atoms with van der Waals surface area (Å²) in [4.78, 5) is 13.2. The molecule has 0 spiro atoms. The van der Waals surface area contributed by atoms with E-state index in [0.717, 1.165) is 20.1 Å². The average Bonchev–Trinajstić information content (AvgIpc) is 2.63. The zero-order valence-corrected chi connectivity index (χ0v) is 18.3. The molecule has 0 saturated heterocycles. The van der Waals surface area contributed by atoms with Crippen LogP contribution in [-0.2, 0) is 17.9 Å². The van der Waals surface area contributed by atoms with Gasteiger partial charge in [0.25, 0.3) is 0 Å². The van der Waals surface area contributed by atoms with Gasteiger partial charge < -0.3 is 11.5 Å². The van der Waals surface area contributed by atoms with E-state index in [1.54, 1.807) is 0 Å². The van der Waals surface area contributed by atoms with Gasteiger partial charge in [0.05, 0.1) is 0 Å². The fourth-order valence-corrected chi connectivity index (χ4v) is 3.72. The van der Waals surface area contributed by atoms with E-state index in [4.69, 9.17) is 34.7 Å². The summed E-state index contributed by atoms with van der Waals surface area (Å²) in [5.41, 5.74) is 17.7. The average molecular weight is 519 g/mol. The Morgan fingerprint density at radius 1 is 0.846 bits per heavy atom. The number of carbonyl (C=O) groups is 1. The molecule has 0 unspecified atom stereocenters. The van der Waals surface area contributed by atoms with Crippen molar-refractivity contribution in [1.29, 1.82) is 0 Å². The lowest BCUT2D eigenvalue weighted by molar-refractivity contribution is -0.108. The molecule has 0 amide bonds. The molecular weight excluding hydrogens is 503 g/mol. The van der Waals surface area contributed by atoms with Gasteiger partial charge in [-0.15, -0.1) is 0 Å². The van der Waals surface area contributed by atoms with E-state index >= 15 is 0 Å². The van der Waals surface area contributed by atoms with Gasteiger partial charge in [0.1, 0.15) is 0 Å². The van der Waals surface area contributed by atoms with Gasteiger partial charge in [-0.25, -0.2) is 0 Å². The zero-order chi connectivity index (χ0) is 19.3. The van der Waals surface area contributed by atoms with Crippen LogP contribution >= 0.6 is 55.1 Å². The smallest absolute Gasteiger partial charge is 0.196 e. The monoisotopic (exact) mass is 516 g/mol. The molecule has 0 aliphatic carbocycles. The second kappa shape index (κ2) is 9.83.